The van der Waals surface area contributed by atoms with E-state index in [2.05, 4.69) is 20.7 Å². The lowest BCUT2D eigenvalue weighted by atomic mass is 10.3. The zero-order valence-corrected chi connectivity index (χ0v) is 8.61. The van der Waals surface area contributed by atoms with Crippen LogP contribution in [0.25, 0.3) is 0 Å². The predicted octanol–water partition coefficient (Wildman–Crippen LogP) is 1.78. The Kier molecular flexibility index (Phi) is 3.10. The molecule has 1 aromatic carbocycles. The van der Waals surface area contributed by atoms with Crippen LogP contribution in [0.3, 0.4) is 0 Å². The maximum Gasteiger partial charge on any atom is 0.239 e. The number of rotatable bonds is 3. The van der Waals surface area contributed by atoms with E-state index in [0.717, 1.165) is 12.1 Å². The van der Waals surface area contributed by atoms with Gasteiger partial charge in [-0.05, 0) is 18.2 Å². The van der Waals surface area contributed by atoms with Gasteiger partial charge >= 0.3 is 0 Å². The lowest BCUT2D eigenvalue weighted by molar-refractivity contribution is 0.586. The number of nitrogens with two attached hydrogens (primary N) is 1. The molecule has 0 fully saturated rings. The Morgan fingerprint density at radius 2 is 2.00 bits per heavy atom. The molecule has 1 heterocycles. The molecule has 0 bridgehead atoms. The Bertz CT molecular complexity index is 532. The van der Waals surface area contributed by atoms with Gasteiger partial charge in [0.15, 0.2) is 0 Å². The highest BCUT2D eigenvalue weighted by molar-refractivity contribution is 5.57. The largest absolute Gasteiger partial charge is 0.338 e. The van der Waals surface area contributed by atoms with Crippen molar-refractivity contribution in [3.05, 3.63) is 42.1 Å². The van der Waals surface area contributed by atoms with E-state index >= 15 is 0 Å². The molecular formula is C10H9F2N5. The number of anilines is 3. The van der Waals surface area contributed by atoms with E-state index in [-0.39, 0.29) is 11.6 Å². The molecule has 0 aliphatic heterocycles. The first kappa shape index (κ1) is 11.2. The summed E-state index contributed by atoms with van der Waals surface area (Å²) in [6, 6.07) is 4.74. The van der Waals surface area contributed by atoms with Crippen LogP contribution < -0.4 is 16.6 Å². The summed E-state index contributed by atoms with van der Waals surface area (Å²) in [7, 11) is 0. The van der Waals surface area contributed by atoms with Crippen LogP contribution >= 0.6 is 0 Å². The second-order valence-corrected chi connectivity index (χ2v) is 3.16. The number of nitrogen functional groups attached to an aromatic ring is 1. The van der Waals surface area contributed by atoms with Crippen LogP contribution in [0.4, 0.5) is 26.2 Å². The van der Waals surface area contributed by atoms with Gasteiger partial charge in [-0.15, -0.1) is 0 Å². The average molecular weight is 237 g/mol. The van der Waals surface area contributed by atoms with Crippen molar-refractivity contribution in [2.24, 2.45) is 5.84 Å². The Labute approximate surface area is 95.7 Å². The van der Waals surface area contributed by atoms with Crippen molar-refractivity contribution in [3.63, 3.8) is 0 Å². The van der Waals surface area contributed by atoms with Gasteiger partial charge in [0, 0.05) is 12.3 Å². The van der Waals surface area contributed by atoms with E-state index in [9.17, 15) is 8.78 Å². The third-order valence-corrected chi connectivity index (χ3v) is 1.98. The first-order valence-corrected chi connectivity index (χ1v) is 4.71. The molecule has 0 saturated heterocycles. The first-order chi connectivity index (χ1) is 8.19. The molecule has 88 valence electrons. The maximum absolute atomic E-state index is 13.3. The lowest BCUT2D eigenvalue weighted by Crippen LogP contribution is -2.11. The number of hydrazine groups is 1. The molecular weight excluding hydrogens is 228 g/mol. The molecule has 0 saturated carbocycles. The van der Waals surface area contributed by atoms with Gasteiger partial charge in [-0.1, -0.05) is 0 Å². The highest BCUT2D eigenvalue weighted by Crippen LogP contribution is 2.19. The summed E-state index contributed by atoms with van der Waals surface area (Å²) in [6.07, 6.45) is 1.45. The summed E-state index contributed by atoms with van der Waals surface area (Å²) >= 11 is 0. The third-order valence-electron chi connectivity index (χ3n) is 1.98. The predicted molar refractivity (Wildman–Crippen MR) is 59.5 cm³/mol. The minimum absolute atomic E-state index is 0.119. The molecule has 0 radical (unpaired) electrons. The van der Waals surface area contributed by atoms with E-state index in [0.29, 0.717) is 5.82 Å². The van der Waals surface area contributed by atoms with Crippen molar-refractivity contribution < 1.29 is 8.78 Å². The van der Waals surface area contributed by atoms with Gasteiger partial charge in [-0.25, -0.2) is 19.6 Å². The fourth-order valence-corrected chi connectivity index (χ4v) is 1.23. The molecule has 4 N–H and O–H groups in total. The Balaban J connectivity index is 2.25. The highest BCUT2D eigenvalue weighted by atomic mass is 19.1. The first-order valence-electron chi connectivity index (χ1n) is 4.71. The van der Waals surface area contributed by atoms with Gasteiger partial charge in [0.25, 0.3) is 0 Å². The van der Waals surface area contributed by atoms with Gasteiger partial charge in [0.1, 0.15) is 17.5 Å². The number of hydrogen-bond donors (Lipinski definition) is 3. The van der Waals surface area contributed by atoms with Crippen molar-refractivity contribution in [1.82, 2.24) is 9.97 Å². The van der Waals surface area contributed by atoms with Crippen LogP contribution in [0, 0.1) is 11.6 Å². The van der Waals surface area contributed by atoms with Crippen molar-refractivity contribution in [1.29, 1.82) is 0 Å². The van der Waals surface area contributed by atoms with E-state index in [4.69, 9.17) is 5.84 Å². The monoisotopic (exact) mass is 237 g/mol. The third kappa shape index (κ3) is 2.64. The molecule has 0 unspecified atom stereocenters. The van der Waals surface area contributed by atoms with Crippen LogP contribution in [-0.2, 0) is 0 Å². The van der Waals surface area contributed by atoms with Crippen molar-refractivity contribution >= 4 is 17.5 Å². The number of nitrogens with zero attached hydrogens (tertiary/aromatic N) is 2. The van der Waals surface area contributed by atoms with E-state index < -0.39 is 11.6 Å². The minimum atomic E-state index is -0.703. The smallest absolute Gasteiger partial charge is 0.239 e. The Morgan fingerprint density at radius 1 is 1.18 bits per heavy atom. The van der Waals surface area contributed by atoms with Crippen molar-refractivity contribution in [3.8, 4) is 0 Å². The Hall–Kier alpha value is -2.28. The van der Waals surface area contributed by atoms with Gasteiger partial charge in [-0.3, -0.25) is 5.43 Å². The number of hydrogen-bond acceptors (Lipinski definition) is 5. The van der Waals surface area contributed by atoms with E-state index in [1.807, 2.05) is 0 Å². The summed E-state index contributed by atoms with van der Waals surface area (Å²) in [4.78, 5) is 7.73. The topological polar surface area (TPSA) is 75.9 Å². The maximum atomic E-state index is 13.3. The second-order valence-electron chi connectivity index (χ2n) is 3.16. The van der Waals surface area contributed by atoms with Gasteiger partial charge in [-0.2, -0.15) is 4.98 Å². The summed E-state index contributed by atoms with van der Waals surface area (Å²) in [6.45, 7) is 0. The summed E-state index contributed by atoms with van der Waals surface area (Å²) in [5.74, 6) is 4.33. The zero-order valence-electron chi connectivity index (χ0n) is 8.61. The molecule has 17 heavy (non-hydrogen) atoms. The number of benzene rings is 1. The molecule has 2 aromatic rings. The Morgan fingerprint density at radius 3 is 2.71 bits per heavy atom. The summed E-state index contributed by atoms with van der Waals surface area (Å²) in [5, 5.41) is 2.69. The van der Waals surface area contributed by atoms with Crippen LogP contribution in [0.2, 0.25) is 0 Å². The molecule has 7 heteroatoms. The van der Waals surface area contributed by atoms with Crippen molar-refractivity contribution in [2.45, 2.75) is 0 Å². The number of nitrogens with one attached hydrogen (secondary N) is 2. The van der Waals surface area contributed by atoms with Crippen LogP contribution in [0.1, 0.15) is 0 Å². The molecule has 0 atom stereocenters. The molecule has 0 spiro atoms. The molecule has 0 amide bonds. The molecule has 0 aliphatic carbocycles. The lowest BCUT2D eigenvalue weighted by Gasteiger charge is -2.07. The molecule has 2 rings (SSSR count). The fraction of sp³-hybridized carbons (Fsp3) is 0. The van der Waals surface area contributed by atoms with Gasteiger partial charge in [0.2, 0.25) is 5.95 Å². The normalized spacial score (nSPS) is 10.1. The quantitative estimate of drug-likeness (QED) is 0.560. The highest BCUT2D eigenvalue weighted by Gasteiger charge is 2.05. The van der Waals surface area contributed by atoms with E-state index in [1.165, 1.54) is 18.3 Å². The van der Waals surface area contributed by atoms with Crippen LogP contribution in [0.5, 0.6) is 0 Å². The van der Waals surface area contributed by atoms with Gasteiger partial charge in [0.05, 0.1) is 5.69 Å². The van der Waals surface area contributed by atoms with Gasteiger partial charge < -0.3 is 5.32 Å². The molecule has 0 aliphatic rings. The fourth-order valence-electron chi connectivity index (χ4n) is 1.23. The second kappa shape index (κ2) is 4.71. The number of halogens is 2. The van der Waals surface area contributed by atoms with Crippen molar-refractivity contribution in [2.75, 3.05) is 10.7 Å². The minimum Gasteiger partial charge on any atom is -0.338 e. The molecule has 1 aromatic heterocycles. The summed E-state index contributed by atoms with van der Waals surface area (Å²) < 4.78 is 26.0. The standard InChI is InChI=1S/C10H9F2N5/c11-6-1-2-8(7(12)5-6)15-9-3-4-14-10(16-9)17-13/h1-5H,13H2,(H2,14,15,16,17). The summed E-state index contributed by atoms with van der Waals surface area (Å²) in [5.41, 5.74) is 2.38. The molecule has 5 nitrogen and oxygen atoms in total. The SMILES string of the molecule is NNc1nccc(Nc2ccc(F)cc2F)n1. The van der Waals surface area contributed by atoms with Crippen LogP contribution in [0.15, 0.2) is 30.5 Å². The zero-order chi connectivity index (χ0) is 12.3. The van der Waals surface area contributed by atoms with E-state index in [1.54, 1.807) is 0 Å². The number of aromatic nitrogens is 2. The average Bonchev–Trinajstić information content (AvgIpc) is 2.33. The van der Waals surface area contributed by atoms with Crippen LogP contribution in [-0.4, -0.2) is 9.97 Å².